The lowest BCUT2D eigenvalue weighted by atomic mass is 9.93. The SMILES string of the molecule is CNC(=O)c1cc(C(=O)NC2CCCCC2)c(C(C)c2ccc(C)c(Cl)c2)o1. The van der Waals surface area contributed by atoms with Gasteiger partial charge in [-0.3, -0.25) is 9.59 Å². The van der Waals surface area contributed by atoms with Crippen LogP contribution in [0.3, 0.4) is 0 Å². The number of benzene rings is 1. The van der Waals surface area contributed by atoms with Gasteiger partial charge in [0.2, 0.25) is 0 Å². The molecule has 2 aromatic rings. The second-order valence-corrected chi connectivity index (χ2v) is 7.91. The van der Waals surface area contributed by atoms with Gasteiger partial charge >= 0.3 is 0 Å². The smallest absolute Gasteiger partial charge is 0.286 e. The van der Waals surface area contributed by atoms with E-state index in [4.69, 9.17) is 16.0 Å². The molecule has 1 aliphatic rings. The third-order valence-corrected chi connectivity index (χ3v) is 5.89. The lowest BCUT2D eigenvalue weighted by molar-refractivity contribution is 0.0918. The Labute approximate surface area is 170 Å². The summed E-state index contributed by atoms with van der Waals surface area (Å²) in [5.74, 6) is -0.148. The fraction of sp³-hybridized carbons (Fsp3) is 0.455. The summed E-state index contributed by atoms with van der Waals surface area (Å²) in [6, 6.07) is 7.51. The van der Waals surface area contributed by atoms with E-state index in [9.17, 15) is 9.59 Å². The largest absolute Gasteiger partial charge is 0.454 e. The van der Waals surface area contributed by atoms with E-state index in [1.807, 2.05) is 32.0 Å². The minimum absolute atomic E-state index is 0.136. The first-order valence-corrected chi connectivity index (χ1v) is 10.2. The van der Waals surface area contributed by atoms with Crippen LogP contribution in [0.5, 0.6) is 0 Å². The topological polar surface area (TPSA) is 71.3 Å². The van der Waals surface area contributed by atoms with Crippen molar-refractivity contribution in [1.82, 2.24) is 10.6 Å². The fourth-order valence-corrected chi connectivity index (χ4v) is 3.87. The van der Waals surface area contributed by atoms with Gasteiger partial charge in [-0.2, -0.15) is 0 Å². The lowest BCUT2D eigenvalue weighted by Crippen LogP contribution is -2.36. The highest BCUT2D eigenvalue weighted by atomic mass is 35.5. The van der Waals surface area contributed by atoms with E-state index < -0.39 is 0 Å². The van der Waals surface area contributed by atoms with Crippen LogP contribution in [0.2, 0.25) is 5.02 Å². The number of amides is 2. The summed E-state index contributed by atoms with van der Waals surface area (Å²) in [6.07, 6.45) is 5.46. The first-order valence-electron chi connectivity index (χ1n) is 9.83. The molecule has 0 aliphatic heterocycles. The maximum atomic E-state index is 13.0. The molecular formula is C22H27ClN2O3. The monoisotopic (exact) mass is 402 g/mol. The van der Waals surface area contributed by atoms with Crippen molar-refractivity contribution in [2.75, 3.05) is 7.05 Å². The molecule has 0 saturated heterocycles. The van der Waals surface area contributed by atoms with Gasteiger partial charge < -0.3 is 15.1 Å². The highest BCUT2D eigenvalue weighted by Gasteiger charge is 2.27. The lowest BCUT2D eigenvalue weighted by Gasteiger charge is -2.23. The maximum Gasteiger partial charge on any atom is 0.286 e. The third-order valence-electron chi connectivity index (χ3n) is 5.49. The Balaban J connectivity index is 1.93. The minimum atomic E-state index is -0.355. The quantitative estimate of drug-likeness (QED) is 0.753. The van der Waals surface area contributed by atoms with Crippen LogP contribution in [0.1, 0.15) is 82.7 Å². The molecule has 0 radical (unpaired) electrons. The molecule has 1 atom stereocenters. The van der Waals surface area contributed by atoms with Crippen LogP contribution in [0.4, 0.5) is 0 Å². The predicted molar refractivity (Wildman–Crippen MR) is 110 cm³/mol. The summed E-state index contributed by atoms with van der Waals surface area (Å²) >= 11 is 6.28. The van der Waals surface area contributed by atoms with Crippen LogP contribution in [0.15, 0.2) is 28.7 Å². The van der Waals surface area contributed by atoms with E-state index >= 15 is 0 Å². The van der Waals surface area contributed by atoms with Crippen molar-refractivity contribution in [3.8, 4) is 0 Å². The molecule has 3 rings (SSSR count). The second-order valence-electron chi connectivity index (χ2n) is 7.51. The summed E-state index contributed by atoms with van der Waals surface area (Å²) in [5, 5.41) is 6.33. The molecule has 1 aromatic carbocycles. The fourth-order valence-electron chi connectivity index (χ4n) is 3.68. The molecular weight excluding hydrogens is 376 g/mol. The molecule has 1 saturated carbocycles. The van der Waals surface area contributed by atoms with Gasteiger partial charge in [0.15, 0.2) is 5.76 Å². The van der Waals surface area contributed by atoms with Crippen LogP contribution in [-0.2, 0) is 0 Å². The van der Waals surface area contributed by atoms with E-state index in [2.05, 4.69) is 10.6 Å². The molecule has 2 N–H and O–H groups in total. The third kappa shape index (κ3) is 4.41. The Morgan fingerprint density at radius 3 is 2.50 bits per heavy atom. The molecule has 1 aliphatic carbocycles. The number of rotatable bonds is 5. The number of nitrogens with one attached hydrogen (secondary N) is 2. The van der Waals surface area contributed by atoms with Crippen LogP contribution in [0.25, 0.3) is 0 Å². The first kappa shape index (κ1) is 20.5. The Hall–Kier alpha value is -2.27. The Bertz CT molecular complexity index is 869. The van der Waals surface area contributed by atoms with Crippen molar-refractivity contribution < 1.29 is 14.0 Å². The van der Waals surface area contributed by atoms with Gasteiger partial charge in [-0.25, -0.2) is 0 Å². The molecule has 150 valence electrons. The van der Waals surface area contributed by atoms with Gasteiger partial charge in [0.05, 0.1) is 5.56 Å². The van der Waals surface area contributed by atoms with Crippen molar-refractivity contribution >= 4 is 23.4 Å². The van der Waals surface area contributed by atoms with Crippen molar-refractivity contribution in [3.05, 3.63) is 57.5 Å². The van der Waals surface area contributed by atoms with E-state index in [0.29, 0.717) is 16.3 Å². The van der Waals surface area contributed by atoms with Crippen molar-refractivity contribution in [2.45, 2.75) is 57.9 Å². The molecule has 1 unspecified atom stereocenters. The Kier molecular flexibility index (Phi) is 6.45. The van der Waals surface area contributed by atoms with E-state index in [0.717, 1.165) is 36.8 Å². The molecule has 1 fully saturated rings. The number of hydrogen-bond acceptors (Lipinski definition) is 3. The van der Waals surface area contributed by atoms with Crippen LogP contribution >= 0.6 is 11.6 Å². The van der Waals surface area contributed by atoms with Gasteiger partial charge in [-0.1, -0.05) is 49.9 Å². The van der Waals surface area contributed by atoms with Crippen LogP contribution < -0.4 is 10.6 Å². The van der Waals surface area contributed by atoms with Gasteiger partial charge in [0, 0.05) is 30.1 Å². The number of aryl methyl sites for hydroxylation is 1. The van der Waals surface area contributed by atoms with Crippen LogP contribution in [0, 0.1) is 6.92 Å². The van der Waals surface area contributed by atoms with E-state index in [-0.39, 0.29) is 29.5 Å². The normalized spacial score (nSPS) is 15.9. The number of halogens is 1. The van der Waals surface area contributed by atoms with Gasteiger partial charge in [0.25, 0.3) is 11.8 Å². The highest BCUT2D eigenvalue weighted by molar-refractivity contribution is 6.31. The molecule has 5 nitrogen and oxygen atoms in total. The summed E-state index contributed by atoms with van der Waals surface area (Å²) in [5.41, 5.74) is 2.33. The predicted octanol–water partition coefficient (Wildman–Crippen LogP) is 4.82. The summed E-state index contributed by atoms with van der Waals surface area (Å²) in [7, 11) is 1.54. The average molecular weight is 403 g/mol. The van der Waals surface area contributed by atoms with Gasteiger partial charge in [-0.15, -0.1) is 0 Å². The number of furan rings is 1. The zero-order valence-corrected chi connectivity index (χ0v) is 17.4. The van der Waals surface area contributed by atoms with Gasteiger partial charge in [-0.05, 0) is 37.0 Å². The van der Waals surface area contributed by atoms with Crippen molar-refractivity contribution in [3.63, 3.8) is 0 Å². The highest BCUT2D eigenvalue weighted by Crippen LogP contribution is 2.32. The number of carbonyl (C=O) groups is 2. The molecule has 6 heteroatoms. The van der Waals surface area contributed by atoms with Gasteiger partial charge in [0.1, 0.15) is 5.76 Å². The zero-order chi connectivity index (χ0) is 20.3. The second kappa shape index (κ2) is 8.82. The van der Waals surface area contributed by atoms with Crippen molar-refractivity contribution in [2.24, 2.45) is 0 Å². The maximum absolute atomic E-state index is 13.0. The average Bonchev–Trinajstić information content (AvgIpc) is 3.15. The molecule has 0 spiro atoms. The summed E-state index contributed by atoms with van der Waals surface area (Å²) < 4.78 is 5.85. The molecule has 1 heterocycles. The summed E-state index contributed by atoms with van der Waals surface area (Å²) in [4.78, 5) is 25.1. The number of carbonyl (C=O) groups excluding carboxylic acids is 2. The molecule has 0 bridgehead atoms. The zero-order valence-electron chi connectivity index (χ0n) is 16.6. The minimum Gasteiger partial charge on any atom is -0.454 e. The van der Waals surface area contributed by atoms with E-state index in [1.165, 1.54) is 13.5 Å². The van der Waals surface area contributed by atoms with E-state index in [1.54, 1.807) is 6.07 Å². The standard InChI is InChI=1S/C22H27ClN2O3/c1-13-9-10-15(11-18(13)23)14(2)20-17(12-19(28-20)22(27)24-3)21(26)25-16-7-5-4-6-8-16/h9-12,14,16H,4-8H2,1-3H3,(H,24,27)(H,25,26). The Morgan fingerprint density at radius 2 is 1.86 bits per heavy atom. The molecule has 1 aromatic heterocycles. The number of hydrogen-bond donors (Lipinski definition) is 2. The Morgan fingerprint density at radius 1 is 1.14 bits per heavy atom. The first-order chi connectivity index (χ1) is 13.4. The van der Waals surface area contributed by atoms with Crippen LogP contribution in [-0.4, -0.2) is 24.9 Å². The molecule has 28 heavy (non-hydrogen) atoms. The molecule has 2 amide bonds. The van der Waals surface area contributed by atoms with Crippen molar-refractivity contribution in [1.29, 1.82) is 0 Å². The summed E-state index contributed by atoms with van der Waals surface area (Å²) in [6.45, 7) is 3.89.